The van der Waals surface area contributed by atoms with Crippen LogP contribution in [-0.2, 0) is 16.1 Å². The summed E-state index contributed by atoms with van der Waals surface area (Å²) in [5.41, 5.74) is 2.39. The number of anilines is 1. The van der Waals surface area contributed by atoms with Crippen LogP contribution in [0.25, 0.3) is 22.6 Å². The predicted molar refractivity (Wildman–Crippen MR) is 145 cm³/mol. The number of carbonyl (C=O) groups excluding carboxylic acids is 1. The summed E-state index contributed by atoms with van der Waals surface area (Å²) in [6, 6.07) is 9.72. The highest BCUT2D eigenvalue weighted by atomic mass is 127. The van der Waals surface area contributed by atoms with Crippen LogP contribution < -0.4 is 10.6 Å². The zero-order valence-corrected chi connectivity index (χ0v) is 22.5. The maximum absolute atomic E-state index is 12.4. The number of nitrogens with zero attached hydrogens (tertiary/aromatic N) is 5. The zero-order valence-electron chi connectivity index (χ0n) is 19.5. The molecule has 3 aromatic heterocycles. The Balaban J connectivity index is 1.56. The van der Waals surface area contributed by atoms with E-state index in [1.165, 1.54) is 17.1 Å². The second-order valence-electron chi connectivity index (χ2n) is 8.42. The Hall–Kier alpha value is -2.91. The first-order valence-electron chi connectivity index (χ1n) is 11.5. The second-order valence-corrected chi connectivity index (χ2v) is 10.1. The summed E-state index contributed by atoms with van der Waals surface area (Å²) in [4.78, 5) is 30.3. The third kappa shape index (κ3) is 5.25. The number of aromatic nitrogens is 5. The van der Waals surface area contributed by atoms with E-state index in [4.69, 9.17) is 16.3 Å². The Morgan fingerprint density at radius 1 is 1.22 bits per heavy atom. The number of pyridine rings is 1. The summed E-state index contributed by atoms with van der Waals surface area (Å²) in [7, 11) is 0. The van der Waals surface area contributed by atoms with Crippen molar-refractivity contribution in [2.24, 2.45) is 0 Å². The first kappa shape index (κ1) is 25.7. The molecule has 0 saturated carbocycles. The van der Waals surface area contributed by atoms with Gasteiger partial charge in [-0.05, 0) is 53.3 Å². The number of hydrogen-bond acceptors (Lipinski definition) is 9. The molecule has 1 aliphatic rings. The predicted octanol–water partition coefficient (Wildman–Crippen LogP) is 2.51. The number of aliphatic hydroxyl groups is 2. The topological polar surface area (TPSA) is 147 Å². The third-order valence-electron chi connectivity index (χ3n) is 5.86. The number of fused-ring (bicyclic) bond motifs is 1. The van der Waals surface area contributed by atoms with Crippen LogP contribution in [0.15, 0.2) is 49.1 Å². The van der Waals surface area contributed by atoms with E-state index in [9.17, 15) is 15.0 Å². The summed E-state index contributed by atoms with van der Waals surface area (Å²) in [5, 5.41) is 27.6. The fourth-order valence-corrected chi connectivity index (χ4v) is 4.88. The number of halogens is 2. The number of aliphatic hydroxyl groups excluding tert-OH is 2. The van der Waals surface area contributed by atoms with Gasteiger partial charge in [0.05, 0.1) is 11.3 Å². The van der Waals surface area contributed by atoms with Gasteiger partial charge in [0.2, 0.25) is 0 Å². The van der Waals surface area contributed by atoms with Gasteiger partial charge in [-0.2, -0.15) is 0 Å². The highest BCUT2D eigenvalue weighted by molar-refractivity contribution is 14.1. The smallest absolute Gasteiger partial charge is 0.252 e. The molecule has 1 aromatic carbocycles. The summed E-state index contributed by atoms with van der Waals surface area (Å²) >= 11 is 8.41. The van der Waals surface area contributed by atoms with Crippen LogP contribution in [0.5, 0.6) is 0 Å². The molecule has 0 radical (unpaired) electrons. The molecular formula is C24H23ClIN7O4. The molecule has 37 heavy (non-hydrogen) atoms. The number of rotatable bonds is 7. The number of carbonyl (C=O) groups is 1. The second kappa shape index (κ2) is 10.8. The van der Waals surface area contributed by atoms with Crippen LogP contribution in [0.2, 0.25) is 5.02 Å². The Morgan fingerprint density at radius 3 is 2.81 bits per heavy atom. The largest absolute Gasteiger partial charge is 0.387 e. The molecule has 4 N–H and O–H groups in total. The van der Waals surface area contributed by atoms with Gasteiger partial charge in [0.15, 0.2) is 35.1 Å². The van der Waals surface area contributed by atoms with Crippen LogP contribution in [-0.4, -0.2) is 65.5 Å². The number of amides is 1. The van der Waals surface area contributed by atoms with E-state index < -0.39 is 30.4 Å². The van der Waals surface area contributed by atoms with Gasteiger partial charge >= 0.3 is 0 Å². The number of likely N-dealkylation sites (N-methyl/N-ethyl adjacent to an activating group) is 1. The van der Waals surface area contributed by atoms with Gasteiger partial charge in [0.1, 0.15) is 12.2 Å². The van der Waals surface area contributed by atoms with Crippen LogP contribution in [0, 0.1) is 3.57 Å². The minimum atomic E-state index is -1.43. The number of nitrogens with one attached hydrogen (secondary N) is 2. The summed E-state index contributed by atoms with van der Waals surface area (Å²) < 4.78 is 8.39. The molecule has 4 atom stereocenters. The molecule has 4 aromatic rings. The maximum Gasteiger partial charge on any atom is 0.252 e. The molecule has 0 bridgehead atoms. The standard InChI is InChI=1S/C24H23ClIN7O4/c1-2-28-23(36)19-17(34)18(35)24(37-19)33-11-30-16-21(29-8-12-4-3-5-15(26)6-12)31-20(32-22(16)33)13-7-14(25)10-27-9-13/h3-7,9-11,17-19,24,34-35H,2,8H2,1H3,(H,28,36)(H,29,31,32)/t17-,18+,19-,24+/m0/s1. The van der Waals surface area contributed by atoms with E-state index in [1.807, 2.05) is 18.2 Å². The van der Waals surface area contributed by atoms with Crippen molar-refractivity contribution in [1.29, 1.82) is 0 Å². The normalized spacial score (nSPS) is 21.3. The molecule has 0 aliphatic carbocycles. The SMILES string of the molecule is CCNC(=O)[C@H]1O[C@@H](n2cnc3c(NCc4cccc(I)c4)nc(-c4cncc(Cl)c4)nc32)[C@H](O)[C@@H]1O. The molecule has 1 amide bonds. The summed E-state index contributed by atoms with van der Waals surface area (Å²) in [6.07, 6.45) is -0.617. The quantitative estimate of drug-likeness (QED) is 0.225. The number of imidazole rings is 1. The van der Waals surface area contributed by atoms with Crippen molar-refractivity contribution in [3.05, 3.63) is 63.2 Å². The van der Waals surface area contributed by atoms with Crippen LogP contribution in [0.3, 0.4) is 0 Å². The first-order valence-corrected chi connectivity index (χ1v) is 12.9. The lowest BCUT2D eigenvalue weighted by Crippen LogP contribution is -2.42. The van der Waals surface area contributed by atoms with Crippen LogP contribution in [0.4, 0.5) is 5.82 Å². The molecule has 11 nitrogen and oxygen atoms in total. The Morgan fingerprint density at radius 2 is 2.05 bits per heavy atom. The number of benzene rings is 1. The van der Waals surface area contributed by atoms with Crippen molar-refractivity contribution >= 4 is 57.1 Å². The van der Waals surface area contributed by atoms with E-state index in [2.05, 4.69) is 59.2 Å². The molecule has 0 spiro atoms. The fraction of sp³-hybridized carbons (Fsp3) is 0.292. The van der Waals surface area contributed by atoms with E-state index in [1.54, 1.807) is 19.2 Å². The Bertz CT molecular complexity index is 1450. The lowest BCUT2D eigenvalue weighted by Gasteiger charge is -2.17. The van der Waals surface area contributed by atoms with Gasteiger partial charge in [-0.15, -0.1) is 0 Å². The fourth-order valence-electron chi connectivity index (χ4n) is 4.10. The van der Waals surface area contributed by atoms with Gasteiger partial charge < -0.3 is 25.6 Å². The van der Waals surface area contributed by atoms with Gasteiger partial charge in [0, 0.05) is 34.6 Å². The lowest BCUT2D eigenvalue weighted by atomic mass is 10.1. The summed E-state index contributed by atoms with van der Waals surface area (Å²) in [5.74, 6) is 0.259. The zero-order chi connectivity index (χ0) is 26.1. The molecule has 5 rings (SSSR count). The number of ether oxygens (including phenoxy) is 1. The first-order chi connectivity index (χ1) is 17.9. The lowest BCUT2D eigenvalue weighted by molar-refractivity contribution is -0.137. The van der Waals surface area contributed by atoms with Crippen molar-refractivity contribution in [1.82, 2.24) is 29.8 Å². The van der Waals surface area contributed by atoms with Crippen molar-refractivity contribution in [3.8, 4) is 11.4 Å². The van der Waals surface area contributed by atoms with E-state index in [0.717, 1.165) is 9.13 Å². The van der Waals surface area contributed by atoms with E-state index in [-0.39, 0.29) is 0 Å². The highest BCUT2D eigenvalue weighted by Crippen LogP contribution is 2.34. The van der Waals surface area contributed by atoms with Gasteiger partial charge in [-0.25, -0.2) is 15.0 Å². The summed E-state index contributed by atoms with van der Waals surface area (Å²) in [6.45, 7) is 2.59. The van der Waals surface area contributed by atoms with E-state index >= 15 is 0 Å². The number of hydrogen-bond donors (Lipinski definition) is 4. The maximum atomic E-state index is 12.4. The minimum absolute atomic E-state index is 0.322. The molecule has 1 fully saturated rings. The van der Waals surface area contributed by atoms with Crippen LogP contribution in [0.1, 0.15) is 18.7 Å². The Kier molecular flexibility index (Phi) is 7.53. The van der Waals surface area contributed by atoms with Crippen molar-refractivity contribution < 1.29 is 19.7 Å². The average Bonchev–Trinajstić information content (AvgIpc) is 3.43. The molecule has 192 valence electrons. The highest BCUT2D eigenvalue weighted by Gasteiger charge is 2.47. The van der Waals surface area contributed by atoms with E-state index in [0.29, 0.717) is 46.5 Å². The van der Waals surface area contributed by atoms with Gasteiger partial charge in [0.25, 0.3) is 5.91 Å². The molecule has 1 aliphatic heterocycles. The average molecular weight is 636 g/mol. The minimum Gasteiger partial charge on any atom is -0.387 e. The monoisotopic (exact) mass is 635 g/mol. The van der Waals surface area contributed by atoms with Crippen molar-refractivity contribution in [2.75, 3.05) is 11.9 Å². The van der Waals surface area contributed by atoms with Crippen LogP contribution >= 0.6 is 34.2 Å². The molecular weight excluding hydrogens is 613 g/mol. The van der Waals surface area contributed by atoms with Crippen molar-refractivity contribution in [3.63, 3.8) is 0 Å². The molecule has 0 unspecified atom stereocenters. The molecule has 1 saturated heterocycles. The van der Waals surface area contributed by atoms with Crippen molar-refractivity contribution in [2.45, 2.75) is 38.0 Å². The van der Waals surface area contributed by atoms with Gasteiger partial charge in [-0.3, -0.25) is 14.3 Å². The molecule has 13 heteroatoms. The Labute approximate surface area is 230 Å². The third-order valence-corrected chi connectivity index (χ3v) is 6.73. The van der Waals surface area contributed by atoms with Gasteiger partial charge in [-0.1, -0.05) is 23.7 Å². The molecule has 4 heterocycles.